The van der Waals surface area contributed by atoms with Crippen LogP contribution in [0.25, 0.3) is 0 Å². The second kappa shape index (κ2) is 6.41. The van der Waals surface area contributed by atoms with Crippen LogP contribution in [0.15, 0.2) is 32.4 Å². The number of carbonyl (C=O) groups is 1. The van der Waals surface area contributed by atoms with Crippen LogP contribution in [-0.2, 0) is 24.7 Å². The molecule has 3 rings (SSSR count). The molecular formula is C15H19N3O5S2. The van der Waals surface area contributed by atoms with Crippen LogP contribution < -0.4 is 5.32 Å². The fourth-order valence-corrected chi connectivity index (χ4v) is 5.31. The Morgan fingerprint density at radius 1 is 1.40 bits per heavy atom. The highest BCUT2D eigenvalue weighted by Gasteiger charge is 2.29. The van der Waals surface area contributed by atoms with E-state index in [-0.39, 0.29) is 15.5 Å². The summed E-state index contributed by atoms with van der Waals surface area (Å²) in [5, 5.41) is 2.65. The average molecular weight is 385 g/mol. The van der Waals surface area contributed by atoms with Gasteiger partial charge in [0.25, 0.3) is 10.0 Å². The van der Waals surface area contributed by atoms with Gasteiger partial charge >= 0.3 is 0 Å². The fourth-order valence-electron chi connectivity index (χ4n) is 3.00. The van der Waals surface area contributed by atoms with Crippen molar-refractivity contribution in [1.82, 2.24) is 4.90 Å². The molecule has 2 aliphatic heterocycles. The van der Waals surface area contributed by atoms with Crippen LogP contribution in [-0.4, -0.2) is 52.8 Å². The Morgan fingerprint density at radius 3 is 2.88 bits per heavy atom. The van der Waals surface area contributed by atoms with Gasteiger partial charge in [0.05, 0.1) is 10.6 Å². The third-order valence-corrected chi connectivity index (χ3v) is 7.20. The Kier molecular flexibility index (Phi) is 4.58. The Morgan fingerprint density at radius 2 is 2.16 bits per heavy atom. The highest BCUT2D eigenvalue weighted by Crippen LogP contribution is 2.29. The zero-order chi connectivity index (χ0) is 18.2. The molecular weight excluding hydrogens is 366 g/mol. The summed E-state index contributed by atoms with van der Waals surface area (Å²) < 4.78 is 52.4. The van der Waals surface area contributed by atoms with Crippen LogP contribution >= 0.6 is 0 Å². The number of likely N-dealkylation sites (tertiary alicyclic amines) is 1. The van der Waals surface area contributed by atoms with Gasteiger partial charge in [-0.3, -0.25) is 4.79 Å². The van der Waals surface area contributed by atoms with Crippen LogP contribution in [0.3, 0.4) is 0 Å². The first kappa shape index (κ1) is 17.9. The van der Waals surface area contributed by atoms with Gasteiger partial charge < -0.3 is 10.2 Å². The summed E-state index contributed by atoms with van der Waals surface area (Å²) in [6, 6.07) is 3.70. The van der Waals surface area contributed by atoms with Gasteiger partial charge in [0, 0.05) is 13.1 Å². The van der Waals surface area contributed by atoms with Gasteiger partial charge in [-0.05, 0) is 37.0 Å². The first-order valence-corrected chi connectivity index (χ1v) is 11.0. The molecule has 1 unspecified atom stereocenters. The zero-order valence-corrected chi connectivity index (χ0v) is 15.3. The first-order chi connectivity index (χ1) is 11.7. The van der Waals surface area contributed by atoms with Gasteiger partial charge in [-0.2, -0.15) is 8.42 Å². The van der Waals surface area contributed by atoms with Gasteiger partial charge in [-0.25, -0.2) is 8.42 Å². The van der Waals surface area contributed by atoms with Crippen molar-refractivity contribution < 1.29 is 21.6 Å². The number of carbonyl (C=O) groups excluding carboxylic acids is 1. The lowest BCUT2D eigenvalue weighted by Crippen LogP contribution is -2.42. The first-order valence-electron chi connectivity index (χ1n) is 7.89. The highest BCUT2D eigenvalue weighted by molar-refractivity contribution is 7.92. The molecule has 1 aromatic rings. The number of sulfonamides is 1. The van der Waals surface area contributed by atoms with Crippen molar-refractivity contribution in [1.29, 1.82) is 0 Å². The third kappa shape index (κ3) is 3.69. The van der Waals surface area contributed by atoms with Gasteiger partial charge in [0.15, 0.2) is 9.84 Å². The minimum Gasteiger partial charge on any atom is -0.345 e. The van der Waals surface area contributed by atoms with E-state index in [1.54, 1.807) is 4.90 Å². The second-order valence-electron chi connectivity index (χ2n) is 6.36. The summed E-state index contributed by atoms with van der Waals surface area (Å²) in [5.74, 6) is -0.781. The number of hydrogen-bond donors (Lipinski definition) is 1. The van der Waals surface area contributed by atoms with E-state index in [1.807, 2.05) is 6.92 Å². The molecule has 1 amide bonds. The molecule has 8 nitrogen and oxygen atoms in total. The van der Waals surface area contributed by atoms with Crippen LogP contribution in [0.2, 0.25) is 0 Å². The maximum atomic E-state index is 12.6. The second-order valence-corrected chi connectivity index (χ2v) is 9.95. The maximum absolute atomic E-state index is 12.6. The molecule has 2 aliphatic rings. The van der Waals surface area contributed by atoms with E-state index in [2.05, 4.69) is 9.71 Å². The largest absolute Gasteiger partial charge is 0.345 e. The van der Waals surface area contributed by atoms with Crippen molar-refractivity contribution >= 4 is 37.8 Å². The molecule has 136 valence electrons. The minimum absolute atomic E-state index is 0.202. The highest BCUT2D eigenvalue weighted by atomic mass is 32.2. The SMILES string of the molecule is CC1CCCN(C(=O)CS(=O)(=O)c2ccc3c(c2)S(=O)(=O)N=CN3)C1. The predicted octanol–water partition coefficient (Wildman–Crippen LogP) is 0.861. The molecule has 1 aromatic carbocycles. The van der Waals surface area contributed by atoms with Crippen molar-refractivity contribution in [2.24, 2.45) is 10.3 Å². The van der Waals surface area contributed by atoms with Crippen molar-refractivity contribution in [2.75, 3.05) is 24.2 Å². The van der Waals surface area contributed by atoms with Gasteiger partial charge in [0.1, 0.15) is 17.0 Å². The summed E-state index contributed by atoms with van der Waals surface area (Å²) >= 11 is 0. The summed E-state index contributed by atoms with van der Waals surface area (Å²) in [6.45, 7) is 3.12. The summed E-state index contributed by atoms with van der Waals surface area (Å²) in [4.78, 5) is 13.5. The van der Waals surface area contributed by atoms with E-state index in [4.69, 9.17) is 0 Å². The molecule has 0 spiro atoms. The van der Waals surface area contributed by atoms with Crippen molar-refractivity contribution in [3.8, 4) is 0 Å². The summed E-state index contributed by atoms with van der Waals surface area (Å²) in [7, 11) is -7.88. The van der Waals surface area contributed by atoms with E-state index in [1.165, 1.54) is 12.1 Å². The number of nitrogens with zero attached hydrogens (tertiary/aromatic N) is 2. The van der Waals surface area contributed by atoms with Crippen molar-refractivity contribution in [2.45, 2.75) is 29.6 Å². The third-order valence-electron chi connectivity index (χ3n) is 4.32. The molecule has 25 heavy (non-hydrogen) atoms. The minimum atomic E-state index is -3.95. The Hall–Kier alpha value is -1.94. The lowest BCUT2D eigenvalue weighted by molar-refractivity contribution is -0.130. The van der Waals surface area contributed by atoms with E-state index in [0.29, 0.717) is 19.0 Å². The molecule has 1 fully saturated rings. The van der Waals surface area contributed by atoms with E-state index >= 15 is 0 Å². The Labute approximate surface area is 146 Å². The zero-order valence-electron chi connectivity index (χ0n) is 13.7. The number of fused-ring (bicyclic) bond motifs is 1. The standard InChI is InChI=1S/C15H19N3O5S2/c1-11-3-2-6-18(8-11)15(19)9-24(20,21)12-4-5-13-14(7-12)25(22,23)17-10-16-13/h4-5,7,10-11H,2-3,6,8-9H2,1H3,(H,16,17). The van der Waals surface area contributed by atoms with Crippen LogP contribution in [0, 0.1) is 5.92 Å². The summed E-state index contributed by atoms with van der Waals surface area (Å²) in [5.41, 5.74) is 0.255. The number of piperidine rings is 1. The molecule has 1 saturated heterocycles. The predicted molar refractivity (Wildman–Crippen MR) is 92.8 cm³/mol. The molecule has 0 saturated carbocycles. The van der Waals surface area contributed by atoms with E-state index in [9.17, 15) is 21.6 Å². The molecule has 10 heteroatoms. The number of rotatable bonds is 3. The average Bonchev–Trinajstić information content (AvgIpc) is 2.54. The number of anilines is 1. The number of benzene rings is 1. The Bertz CT molecular complexity index is 938. The lowest BCUT2D eigenvalue weighted by Gasteiger charge is -2.30. The van der Waals surface area contributed by atoms with E-state index < -0.39 is 31.5 Å². The molecule has 0 radical (unpaired) electrons. The topological polar surface area (TPSA) is 113 Å². The normalized spacial score (nSPS) is 22.1. The van der Waals surface area contributed by atoms with Crippen molar-refractivity contribution in [3.05, 3.63) is 18.2 Å². The molecule has 0 bridgehead atoms. The number of amides is 1. The molecule has 0 aromatic heterocycles. The monoisotopic (exact) mass is 385 g/mol. The smallest absolute Gasteiger partial charge is 0.285 e. The van der Waals surface area contributed by atoms with Gasteiger partial charge in [-0.15, -0.1) is 4.40 Å². The molecule has 2 heterocycles. The van der Waals surface area contributed by atoms with Crippen molar-refractivity contribution in [3.63, 3.8) is 0 Å². The van der Waals surface area contributed by atoms with E-state index in [0.717, 1.165) is 25.2 Å². The lowest BCUT2D eigenvalue weighted by atomic mass is 10.0. The Balaban J connectivity index is 1.85. The van der Waals surface area contributed by atoms with Crippen LogP contribution in [0.4, 0.5) is 5.69 Å². The van der Waals surface area contributed by atoms with Gasteiger partial charge in [0.2, 0.25) is 5.91 Å². The number of hydrogen-bond acceptors (Lipinski definition) is 6. The number of sulfone groups is 1. The summed E-state index contributed by atoms with van der Waals surface area (Å²) in [6.07, 6.45) is 2.91. The fraction of sp³-hybridized carbons (Fsp3) is 0.467. The molecule has 1 N–H and O–H groups in total. The molecule has 0 aliphatic carbocycles. The van der Waals surface area contributed by atoms with Gasteiger partial charge in [-0.1, -0.05) is 6.92 Å². The number of nitrogens with one attached hydrogen (secondary N) is 1. The van der Waals surface area contributed by atoms with Crippen LogP contribution in [0.1, 0.15) is 19.8 Å². The van der Waals surface area contributed by atoms with Crippen LogP contribution in [0.5, 0.6) is 0 Å². The maximum Gasteiger partial charge on any atom is 0.285 e. The molecule has 1 atom stereocenters. The quantitative estimate of drug-likeness (QED) is 0.826.